The Kier molecular flexibility index (Phi) is 3.62. The number of fused-ring (bicyclic) bond motifs is 1. The van der Waals surface area contributed by atoms with Crippen molar-refractivity contribution in [1.29, 1.82) is 0 Å². The van der Waals surface area contributed by atoms with Crippen LogP contribution in [0.25, 0.3) is 10.9 Å². The van der Waals surface area contributed by atoms with Crippen molar-refractivity contribution in [3.8, 4) is 5.75 Å². The van der Waals surface area contributed by atoms with Crippen LogP contribution in [0.5, 0.6) is 5.75 Å². The van der Waals surface area contributed by atoms with Crippen molar-refractivity contribution < 1.29 is 9.84 Å². The smallest absolute Gasteiger partial charge is 0.128 e. The Morgan fingerprint density at radius 1 is 1.28 bits per heavy atom. The molecule has 1 aromatic carbocycles. The molecule has 18 heavy (non-hydrogen) atoms. The number of rotatable bonds is 4. The van der Waals surface area contributed by atoms with Crippen molar-refractivity contribution in [1.82, 2.24) is 4.57 Å². The second-order valence-corrected chi connectivity index (χ2v) is 5.06. The molecule has 0 fully saturated rings. The fourth-order valence-corrected chi connectivity index (χ4v) is 2.43. The molecule has 2 rings (SSSR count). The monoisotopic (exact) mass is 247 g/mol. The molecule has 0 saturated carbocycles. The Morgan fingerprint density at radius 3 is 2.56 bits per heavy atom. The van der Waals surface area contributed by atoms with Gasteiger partial charge in [-0.2, -0.15) is 0 Å². The van der Waals surface area contributed by atoms with Crippen LogP contribution in [-0.2, 0) is 6.42 Å². The Bertz CT molecular complexity index is 541. The summed E-state index contributed by atoms with van der Waals surface area (Å²) >= 11 is 0. The van der Waals surface area contributed by atoms with E-state index in [1.54, 1.807) is 7.11 Å². The summed E-state index contributed by atoms with van der Waals surface area (Å²) in [5, 5.41) is 10.7. The van der Waals surface area contributed by atoms with Crippen LogP contribution in [0.2, 0.25) is 0 Å². The van der Waals surface area contributed by atoms with Crippen molar-refractivity contribution in [3.05, 3.63) is 30.0 Å². The third-order valence-electron chi connectivity index (χ3n) is 3.19. The van der Waals surface area contributed by atoms with E-state index in [0.717, 1.165) is 16.7 Å². The van der Waals surface area contributed by atoms with Gasteiger partial charge in [0.15, 0.2) is 0 Å². The highest BCUT2D eigenvalue weighted by Crippen LogP contribution is 2.33. The molecule has 0 aliphatic heterocycles. The van der Waals surface area contributed by atoms with Gasteiger partial charge in [0.1, 0.15) is 5.75 Å². The third kappa shape index (κ3) is 2.23. The van der Waals surface area contributed by atoms with Gasteiger partial charge >= 0.3 is 0 Å². The molecule has 0 aliphatic rings. The average Bonchev–Trinajstić information content (AvgIpc) is 2.67. The Morgan fingerprint density at radius 2 is 2.00 bits per heavy atom. The molecule has 0 bridgehead atoms. The van der Waals surface area contributed by atoms with Gasteiger partial charge in [-0.15, -0.1) is 0 Å². The number of methoxy groups -OCH3 is 1. The lowest BCUT2D eigenvalue weighted by Crippen LogP contribution is -2.04. The minimum absolute atomic E-state index is 0.346. The van der Waals surface area contributed by atoms with Crippen molar-refractivity contribution in [2.24, 2.45) is 0 Å². The number of hydrogen-bond donors (Lipinski definition) is 1. The van der Waals surface area contributed by atoms with Crippen molar-refractivity contribution in [3.63, 3.8) is 0 Å². The zero-order valence-electron chi connectivity index (χ0n) is 11.5. The summed E-state index contributed by atoms with van der Waals surface area (Å²) in [6.45, 7) is 6.13. The molecule has 2 aromatic rings. The van der Waals surface area contributed by atoms with Gasteiger partial charge in [-0.1, -0.05) is 6.07 Å². The quantitative estimate of drug-likeness (QED) is 0.900. The van der Waals surface area contributed by atoms with E-state index >= 15 is 0 Å². The lowest BCUT2D eigenvalue weighted by atomic mass is 10.1. The standard InChI is InChI=1S/C15H21NO2/c1-10(2)16-9-12(8-11(3)17)15-13(16)6-5-7-14(15)18-4/h5-7,9-11,17H,8H2,1-4H3. The van der Waals surface area contributed by atoms with Gasteiger partial charge in [0.25, 0.3) is 0 Å². The van der Waals surface area contributed by atoms with E-state index in [2.05, 4.69) is 30.7 Å². The van der Waals surface area contributed by atoms with Gasteiger partial charge in [-0.25, -0.2) is 0 Å². The Labute approximate surface area is 108 Å². The molecule has 0 radical (unpaired) electrons. The molecular formula is C15H21NO2. The van der Waals surface area contributed by atoms with Crippen LogP contribution in [-0.4, -0.2) is 22.9 Å². The molecule has 3 nitrogen and oxygen atoms in total. The highest BCUT2D eigenvalue weighted by Gasteiger charge is 2.15. The van der Waals surface area contributed by atoms with Gasteiger partial charge < -0.3 is 14.4 Å². The molecule has 3 heteroatoms. The average molecular weight is 247 g/mol. The molecule has 0 amide bonds. The van der Waals surface area contributed by atoms with Crippen LogP contribution in [0.4, 0.5) is 0 Å². The van der Waals surface area contributed by atoms with E-state index in [1.165, 1.54) is 5.52 Å². The topological polar surface area (TPSA) is 34.4 Å². The molecule has 0 spiro atoms. The normalized spacial score (nSPS) is 13.2. The summed E-state index contributed by atoms with van der Waals surface area (Å²) in [6.07, 6.45) is 2.43. The maximum absolute atomic E-state index is 9.63. The van der Waals surface area contributed by atoms with Gasteiger partial charge in [-0.05, 0) is 38.5 Å². The molecule has 98 valence electrons. The third-order valence-corrected chi connectivity index (χ3v) is 3.19. The Balaban J connectivity index is 2.68. The van der Waals surface area contributed by atoms with Crippen LogP contribution in [0, 0.1) is 0 Å². The van der Waals surface area contributed by atoms with Crippen LogP contribution in [0.15, 0.2) is 24.4 Å². The first-order valence-corrected chi connectivity index (χ1v) is 6.39. The minimum Gasteiger partial charge on any atom is -0.496 e. The highest BCUT2D eigenvalue weighted by molar-refractivity contribution is 5.90. The summed E-state index contributed by atoms with van der Waals surface area (Å²) in [5.41, 5.74) is 2.31. The molecule has 1 unspecified atom stereocenters. The van der Waals surface area contributed by atoms with E-state index in [-0.39, 0.29) is 6.10 Å². The lowest BCUT2D eigenvalue weighted by molar-refractivity contribution is 0.195. The van der Waals surface area contributed by atoms with Gasteiger partial charge in [0.2, 0.25) is 0 Å². The van der Waals surface area contributed by atoms with Crippen LogP contribution < -0.4 is 4.74 Å². The summed E-state index contributed by atoms with van der Waals surface area (Å²) < 4.78 is 7.68. The number of aromatic nitrogens is 1. The van der Waals surface area contributed by atoms with Crippen LogP contribution in [0.3, 0.4) is 0 Å². The van der Waals surface area contributed by atoms with Gasteiger partial charge in [0, 0.05) is 24.0 Å². The number of nitrogens with zero attached hydrogens (tertiary/aromatic N) is 1. The molecule has 1 aromatic heterocycles. The molecule has 1 heterocycles. The fraction of sp³-hybridized carbons (Fsp3) is 0.467. The fourth-order valence-electron chi connectivity index (χ4n) is 2.43. The first-order valence-electron chi connectivity index (χ1n) is 6.39. The van der Waals surface area contributed by atoms with E-state index in [4.69, 9.17) is 4.74 Å². The first-order chi connectivity index (χ1) is 8.54. The number of benzene rings is 1. The molecule has 1 atom stereocenters. The predicted molar refractivity (Wildman–Crippen MR) is 74.3 cm³/mol. The van der Waals surface area contributed by atoms with Crippen LogP contribution >= 0.6 is 0 Å². The molecular weight excluding hydrogens is 226 g/mol. The van der Waals surface area contributed by atoms with Gasteiger partial charge in [-0.3, -0.25) is 0 Å². The number of aliphatic hydroxyl groups is 1. The van der Waals surface area contributed by atoms with Crippen molar-refractivity contribution in [2.45, 2.75) is 39.3 Å². The molecule has 0 aliphatic carbocycles. The summed E-state index contributed by atoms with van der Waals surface area (Å²) in [7, 11) is 1.69. The molecule has 0 saturated heterocycles. The second kappa shape index (κ2) is 5.02. The minimum atomic E-state index is -0.346. The molecule has 1 N–H and O–H groups in total. The zero-order valence-corrected chi connectivity index (χ0v) is 11.5. The summed E-state index contributed by atoms with van der Waals surface area (Å²) in [5.74, 6) is 0.877. The van der Waals surface area contributed by atoms with Crippen molar-refractivity contribution in [2.75, 3.05) is 7.11 Å². The van der Waals surface area contributed by atoms with Gasteiger partial charge in [0.05, 0.1) is 18.7 Å². The highest BCUT2D eigenvalue weighted by atomic mass is 16.5. The van der Waals surface area contributed by atoms with E-state index in [1.807, 2.05) is 19.1 Å². The number of hydrogen-bond acceptors (Lipinski definition) is 2. The largest absolute Gasteiger partial charge is 0.496 e. The predicted octanol–water partition coefficient (Wildman–Crippen LogP) is 3.15. The van der Waals surface area contributed by atoms with E-state index < -0.39 is 0 Å². The second-order valence-electron chi connectivity index (χ2n) is 5.06. The summed E-state index contributed by atoms with van der Waals surface area (Å²) in [4.78, 5) is 0. The SMILES string of the molecule is COc1cccc2c1c(CC(C)O)cn2C(C)C. The van der Waals surface area contributed by atoms with Crippen molar-refractivity contribution >= 4 is 10.9 Å². The first kappa shape index (κ1) is 13.0. The maximum atomic E-state index is 9.63. The van der Waals surface area contributed by atoms with E-state index in [0.29, 0.717) is 12.5 Å². The van der Waals surface area contributed by atoms with Crippen LogP contribution in [0.1, 0.15) is 32.4 Å². The van der Waals surface area contributed by atoms with E-state index in [9.17, 15) is 5.11 Å². The number of ether oxygens (including phenoxy) is 1. The zero-order chi connectivity index (χ0) is 13.3. The number of aliphatic hydroxyl groups excluding tert-OH is 1. The Hall–Kier alpha value is -1.48. The lowest BCUT2D eigenvalue weighted by Gasteiger charge is -2.09. The maximum Gasteiger partial charge on any atom is 0.128 e. The summed E-state index contributed by atoms with van der Waals surface area (Å²) in [6, 6.07) is 6.47.